The molecular weight excluding hydrogens is 354 g/mol. The highest BCUT2D eigenvalue weighted by atomic mass is 16.1. The molecule has 2 N–H and O–H groups in total. The van der Waals surface area contributed by atoms with Crippen LogP contribution in [0.5, 0.6) is 0 Å². The summed E-state index contributed by atoms with van der Waals surface area (Å²) in [5.41, 5.74) is 3.67. The first-order valence-corrected chi connectivity index (χ1v) is 9.22. The van der Waals surface area contributed by atoms with Crippen LogP contribution >= 0.6 is 0 Å². The Bertz CT molecular complexity index is 951. The molecule has 1 aromatic carbocycles. The zero-order chi connectivity index (χ0) is 19.3. The summed E-state index contributed by atoms with van der Waals surface area (Å²) in [5.74, 6) is 0.397. The van der Waals surface area contributed by atoms with Crippen molar-refractivity contribution in [2.75, 3.05) is 28.6 Å². The number of hydrogen-bond donors (Lipinski definition) is 2. The van der Waals surface area contributed by atoms with E-state index >= 15 is 0 Å². The van der Waals surface area contributed by atoms with Crippen molar-refractivity contribution in [3.8, 4) is 0 Å². The van der Waals surface area contributed by atoms with Gasteiger partial charge in [0.1, 0.15) is 5.69 Å². The van der Waals surface area contributed by atoms with E-state index in [1.807, 2.05) is 37.3 Å². The van der Waals surface area contributed by atoms with Crippen LogP contribution in [0, 0.1) is 6.92 Å². The van der Waals surface area contributed by atoms with Crippen LogP contribution in [-0.2, 0) is 0 Å². The normalized spacial score (nSPS) is 13.4. The molecule has 1 amide bonds. The average molecular weight is 375 g/mol. The third-order valence-electron chi connectivity index (χ3n) is 4.54. The van der Waals surface area contributed by atoms with Crippen LogP contribution in [0.3, 0.4) is 0 Å². The molecule has 0 bridgehead atoms. The molecule has 1 saturated heterocycles. The number of carbonyl (C=O) groups excluding carboxylic acids is 1. The van der Waals surface area contributed by atoms with E-state index in [2.05, 4.69) is 35.7 Å². The number of carbonyl (C=O) groups is 1. The molecule has 0 radical (unpaired) electrons. The molecule has 8 nitrogen and oxygen atoms in total. The molecule has 142 valence electrons. The number of aryl methyl sites for hydroxylation is 1. The van der Waals surface area contributed by atoms with Gasteiger partial charge in [-0.1, -0.05) is 0 Å². The molecule has 1 fully saturated rings. The van der Waals surface area contributed by atoms with Gasteiger partial charge in [-0.3, -0.25) is 9.78 Å². The Balaban J connectivity index is 1.40. The SMILES string of the molecule is Cc1cnc(C(=O)Nc2ccc(Nc3cc(N4CCCC4)cnn3)cc2)cn1. The number of rotatable bonds is 5. The predicted molar refractivity (Wildman–Crippen MR) is 108 cm³/mol. The molecule has 3 heterocycles. The topological polar surface area (TPSA) is 95.9 Å². The number of aromatic nitrogens is 4. The Morgan fingerprint density at radius 1 is 1.00 bits per heavy atom. The van der Waals surface area contributed by atoms with Crippen molar-refractivity contribution < 1.29 is 4.79 Å². The third kappa shape index (κ3) is 4.22. The smallest absolute Gasteiger partial charge is 0.275 e. The van der Waals surface area contributed by atoms with Crippen LogP contribution in [-0.4, -0.2) is 39.2 Å². The third-order valence-corrected chi connectivity index (χ3v) is 4.54. The van der Waals surface area contributed by atoms with Crippen LogP contribution in [0.2, 0.25) is 0 Å². The van der Waals surface area contributed by atoms with E-state index in [-0.39, 0.29) is 11.6 Å². The zero-order valence-corrected chi connectivity index (χ0v) is 15.6. The first kappa shape index (κ1) is 17.8. The average Bonchev–Trinajstić information content (AvgIpc) is 3.25. The minimum Gasteiger partial charge on any atom is -0.370 e. The van der Waals surface area contributed by atoms with Crippen LogP contribution < -0.4 is 15.5 Å². The van der Waals surface area contributed by atoms with Crippen LogP contribution in [0.4, 0.5) is 22.9 Å². The highest BCUT2D eigenvalue weighted by Gasteiger charge is 2.13. The molecule has 3 aromatic rings. The van der Waals surface area contributed by atoms with Gasteiger partial charge in [-0.15, -0.1) is 5.10 Å². The van der Waals surface area contributed by atoms with E-state index in [0.717, 1.165) is 30.2 Å². The van der Waals surface area contributed by atoms with Gasteiger partial charge in [-0.05, 0) is 44.0 Å². The van der Waals surface area contributed by atoms with E-state index < -0.39 is 0 Å². The van der Waals surface area contributed by atoms with Gasteiger partial charge in [-0.25, -0.2) is 4.98 Å². The second-order valence-corrected chi connectivity index (χ2v) is 6.69. The largest absolute Gasteiger partial charge is 0.370 e. The Morgan fingerprint density at radius 2 is 1.75 bits per heavy atom. The van der Waals surface area contributed by atoms with Gasteiger partial charge in [0.05, 0.1) is 23.8 Å². The zero-order valence-electron chi connectivity index (χ0n) is 15.6. The number of amides is 1. The lowest BCUT2D eigenvalue weighted by Gasteiger charge is -2.17. The van der Waals surface area contributed by atoms with E-state index in [0.29, 0.717) is 11.5 Å². The van der Waals surface area contributed by atoms with E-state index in [4.69, 9.17) is 0 Å². The lowest BCUT2D eigenvalue weighted by Crippen LogP contribution is -2.18. The molecular formula is C20H21N7O. The summed E-state index contributed by atoms with van der Waals surface area (Å²) in [7, 11) is 0. The number of hydrogen-bond acceptors (Lipinski definition) is 7. The molecule has 1 aliphatic heterocycles. The Labute approximate surface area is 163 Å². The Kier molecular flexibility index (Phi) is 5.09. The van der Waals surface area contributed by atoms with Gasteiger partial charge in [0.25, 0.3) is 5.91 Å². The van der Waals surface area contributed by atoms with Crippen molar-refractivity contribution in [1.29, 1.82) is 0 Å². The Hall–Kier alpha value is -3.55. The minimum absolute atomic E-state index is 0.279. The molecule has 0 unspecified atom stereocenters. The van der Waals surface area contributed by atoms with E-state index in [9.17, 15) is 4.79 Å². The molecule has 2 aromatic heterocycles. The highest BCUT2D eigenvalue weighted by molar-refractivity contribution is 6.02. The fourth-order valence-electron chi connectivity index (χ4n) is 3.06. The second-order valence-electron chi connectivity index (χ2n) is 6.69. The van der Waals surface area contributed by atoms with Crippen molar-refractivity contribution in [2.24, 2.45) is 0 Å². The maximum atomic E-state index is 12.2. The van der Waals surface area contributed by atoms with Gasteiger partial charge in [0, 0.05) is 36.7 Å². The van der Waals surface area contributed by atoms with E-state index in [1.165, 1.54) is 19.0 Å². The molecule has 0 atom stereocenters. The van der Waals surface area contributed by atoms with Gasteiger partial charge in [-0.2, -0.15) is 5.10 Å². The van der Waals surface area contributed by atoms with Crippen molar-refractivity contribution in [3.63, 3.8) is 0 Å². The molecule has 28 heavy (non-hydrogen) atoms. The molecule has 8 heteroatoms. The molecule has 0 saturated carbocycles. The van der Waals surface area contributed by atoms with Crippen LogP contribution in [0.25, 0.3) is 0 Å². The summed E-state index contributed by atoms with van der Waals surface area (Å²) in [6, 6.07) is 9.39. The first-order chi connectivity index (χ1) is 13.7. The van der Waals surface area contributed by atoms with Gasteiger partial charge in [0.15, 0.2) is 5.82 Å². The van der Waals surface area contributed by atoms with Crippen molar-refractivity contribution in [2.45, 2.75) is 19.8 Å². The lowest BCUT2D eigenvalue weighted by atomic mass is 10.2. The monoisotopic (exact) mass is 375 g/mol. The number of nitrogens with zero attached hydrogens (tertiary/aromatic N) is 5. The summed E-state index contributed by atoms with van der Waals surface area (Å²) >= 11 is 0. The van der Waals surface area contributed by atoms with Gasteiger partial charge < -0.3 is 15.5 Å². The standard InChI is InChI=1S/C20H21N7O/c1-14-11-22-18(13-21-14)20(28)25-16-6-4-15(5-7-16)24-19-10-17(12-23-26-19)27-8-2-3-9-27/h4-7,10-13H,2-3,8-9H2,1H3,(H,24,26)(H,25,28). The lowest BCUT2D eigenvalue weighted by molar-refractivity contribution is 0.102. The Morgan fingerprint density at radius 3 is 2.46 bits per heavy atom. The molecule has 0 aliphatic carbocycles. The maximum Gasteiger partial charge on any atom is 0.275 e. The summed E-state index contributed by atoms with van der Waals surface area (Å²) < 4.78 is 0. The number of nitrogens with one attached hydrogen (secondary N) is 2. The second kappa shape index (κ2) is 7.99. The minimum atomic E-state index is -0.294. The quantitative estimate of drug-likeness (QED) is 0.707. The van der Waals surface area contributed by atoms with Crippen LogP contribution in [0.15, 0.2) is 48.9 Å². The summed E-state index contributed by atoms with van der Waals surface area (Å²) in [4.78, 5) is 22.7. The highest BCUT2D eigenvalue weighted by Crippen LogP contribution is 2.23. The summed E-state index contributed by atoms with van der Waals surface area (Å²) in [6.07, 6.45) is 7.26. The number of anilines is 4. The molecule has 0 spiro atoms. The van der Waals surface area contributed by atoms with Crippen molar-refractivity contribution >= 4 is 28.8 Å². The molecule has 4 rings (SSSR count). The van der Waals surface area contributed by atoms with Crippen molar-refractivity contribution in [3.05, 3.63) is 60.3 Å². The van der Waals surface area contributed by atoms with Gasteiger partial charge >= 0.3 is 0 Å². The fourth-order valence-corrected chi connectivity index (χ4v) is 3.06. The van der Waals surface area contributed by atoms with Crippen LogP contribution in [0.1, 0.15) is 29.0 Å². The van der Waals surface area contributed by atoms with E-state index in [1.54, 1.807) is 12.4 Å². The fraction of sp³-hybridized carbons (Fsp3) is 0.250. The predicted octanol–water partition coefficient (Wildman–Crippen LogP) is 3.17. The molecule has 1 aliphatic rings. The van der Waals surface area contributed by atoms with Crippen molar-refractivity contribution in [1.82, 2.24) is 20.2 Å². The maximum absolute atomic E-state index is 12.2. The number of benzene rings is 1. The summed E-state index contributed by atoms with van der Waals surface area (Å²) in [6.45, 7) is 3.95. The van der Waals surface area contributed by atoms with Gasteiger partial charge in [0.2, 0.25) is 0 Å². The summed E-state index contributed by atoms with van der Waals surface area (Å²) in [5, 5.41) is 14.3. The first-order valence-electron chi connectivity index (χ1n) is 9.22.